The molecule has 0 saturated carbocycles. The summed E-state index contributed by atoms with van der Waals surface area (Å²) < 4.78 is 13.6. The minimum Gasteiger partial charge on any atom is -0.207 e. The van der Waals surface area contributed by atoms with Crippen molar-refractivity contribution in [3.8, 4) is 0 Å². The van der Waals surface area contributed by atoms with Crippen molar-refractivity contribution >= 4 is 24.4 Å². The van der Waals surface area contributed by atoms with Crippen LogP contribution in [0.15, 0.2) is 84.9 Å². The molecule has 0 fully saturated rings. The van der Waals surface area contributed by atoms with Crippen LogP contribution in [0.2, 0.25) is 0 Å². The molecule has 0 nitrogen and oxygen atoms in total. The Morgan fingerprint density at radius 2 is 1.05 bits per heavy atom. The van der Waals surface area contributed by atoms with Crippen molar-refractivity contribution in [1.29, 1.82) is 0 Å². The highest BCUT2D eigenvalue weighted by Gasteiger charge is 2.19. The van der Waals surface area contributed by atoms with E-state index in [0.717, 1.165) is 5.19 Å². The predicted octanol–water partition coefficient (Wildman–Crippen LogP) is 2.34. The zero-order valence-corrected chi connectivity index (χ0v) is 12.0. The molecule has 0 aliphatic rings. The minimum absolute atomic E-state index is 0.170. The quantitative estimate of drug-likeness (QED) is 0.509. The first-order chi connectivity index (χ1) is 9.84. The first kappa shape index (κ1) is 12.8. The molecule has 2 heteroatoms. The third-order valence-electron chi connectivity index (χ3n) is 3.24. The van der Waals surface area contributed by atoms with Gasteiger partial charge in [0.05, 0.1) is 0 Å². The zero-order valence-electron chi connectivity index (χ0n) is 11.0. The van der Waals surface area contributed by atoms with E-state index in [0.29, 0.717) is 0 Å². The monoisotopic (exact) mass is 277 g/mol. The maximum Gasteiger partial charge on any atom is 0.154 e. The van der Waals surface area contributed by atoms with Crippen LogP contribution in [0.3, 0.4) is 0 Å². The maximum absolute atomic E-state index is 13.6. The number of hydrogen-bond donors (Lipinski definition) is 0. The second kappa shape index (κ2) is 5.84. The van der Waals surface area contributed by atoms with Gasteiger partial charge in [0.25, 0.3) is 0 Å². The van der Waals surface area contributed by atoms with Crippen molar-refractivity contribution in [2.45, 2.75) is 0 Å². The average molecular weight is 277 g/mol. The molecule has 3 rings (SSSR count). The van der Waals surface area contributed by atoms with Crippen molar-refractivity contribution in [3.63, 3.8) is 0 Å². The lowest BCUT2D eigenvalue weighted by Crippen LogP contribution is -2.51. The normalized spacial score (nSPS) is 10.7. The Morgan fingerprint density at radius 1 is 0.550 bits per heavy atom. The van der Waals surface area contributed by atoms with Crippen LogP contribution in [0.25, 0.3) is 0 Å². The van der Waals surface area contributed by atoms with Gasteiger partial charge in [0.1, 0.15) is 5.82 Å². The molecule has 3 aromatic carbocycles. The number of rotatable bonds is 3. The van der Waals surface area contributed by atoms with Crippen LogP contribution in [-0.2, 0) is 0 Å². The molecule has 0 saturated heterocycles. The molecule has 0 aliphatic carbocycles. The summed E-state index contributed by atoms with van der Waals surface area (Å²) in [4.78, 5) is 0. The highest BCUT2D eigenvalue weighted by molar-refractivity contribution is 6.95. The van der Waals surface area contributed by atoms with E-state index in [9.17, 15) is 4.39 Å². The third-order valence-corrected chi connectivity index (χ3v) is 5.95. The fraction of sp³-hybridized carbons (Fsp3) is 0. The van der Waals surface area contributed by atoms with Gasteiger partial charge in [-0.25, -0.2) is 4.39 Å². The maximum atomic E-state index is 13.6. The topological polar surface area (TPSA) is 0 Å². The van der Waals surface area contributed by atoms with E-state index in [4.69, 9.17) is 0 Å². The van der Waals surface area contributed by atoms with Crippen LogP contribution in [0, 0.1) is 5.82 Å². The van der Waals surface area contributed by atoms with Gasteiger partial charge in [-0.1, -0.05) is 83.2 Å². The fourth-order valence-corrected chi connectivity index (χ4v) is 4.95. The zero-order chi connectivity index (χ0) is 13.8. The molecule has 0 aliphatic heterocycles. The van der Waals surface area contributed by atoms with Crippen molar-refractivity contribution in [3.05, 3.63) is 90.7 Å². The molecule has 97 valence electrons. The second-order valence-electron chi connectivity index (χ2n) is 4.62. The summed E-state index contributed by atoms with van der Waals surface area (Å²) in [5.74, 6) is -0.170. The highest BCUT2D eigenvalue weighted by atomic mass is 28.3. The first-order valence-corrected chi connectivity index (χ1v) is 8.08. The summed E-state index contributed by atoms with van der Waals surface area (Å²) in [6.07, 6.45) is 0. The largest absolute Gasteiger partial charge is 0.207 e. The number of hydrogen-bond acceptors (Lipinski definition) is 0. The molecule has 0 N–H and O–H groups in total. The molecule has 0 heterocycles. The van der Waals surface area contributed by atoms with Crippen LogP contribution in [0.1, 0.15) is 0 Å². The Kier molecular flexibility index (Phi) is 3.75. The molecule has 0 unspecified atom stereocenters. The Bertz CT molecular complexity index is 641. The van der Waals surface area contributed by atoms with Gasteiger partial charge < -0.3 is 0 Å². The van der Waals surface area contributed by atoms with Gasteiger partial charge in [0, 0.05) is 0 Å². The summed E-state index contributed by atoms with van der Waals surface area (Å²) in [6.45, 7) is 0. The smallest absolute Gasteiger partial charge is 0.154 e. The van der Waals surface area contributed by atoms with Crippen LogP contribution in [-0.4, -0.2) is 8.80 Å². The summed E-state index contributed by atoms with van der Waals surface area (Å²) in [5.41, 5.74) is 0. The molecule has 0 spiro atoms. The summed E-state index contributed by atoms with van der Waals surface area (Å²) in [6, 6.07) is 27.7. The SMILES string of the molecule is Fc1cccc([Si](c2ccccc2)c2ccccc2)c1. The molecule has 1 radical (unpaired) electrons. The molecule has 0 bridgehead atoms. The van der Waals surface area contributed by atoms with Crippen LogP contribution in [0.4, 0.5) is 4.39 Å². The summed E-state index contributed by atoms with van der Waals surface area (Å²) in [5, 5.41) is 3.62. The van der Waals surface area contributed by atoms with E-state index >= 15 is 0 Å². The lowest BCUT2D eigenvalue weighted by atomic mass is 10.3. The molecule has 0 amide bonds. The molecule has 0 aromatic heterocycles. The molecule has 20 heavy (non-hydrogen) atoms. The molecule has 0 atom stereocenters. The Labute approximate surface area is 120 Å². The molecule has 3 aromatic rings. The Hall–Kier alpha value is -2.19. The summed E-state index contributed by atoms with van der Waals surface area (Å²) in [7, 11) is -1.14. The van der Waals surface area contributed by atoms with Crippen LogP contribution in [0.5, 0.6) is 0 Å². The van der Waals surface area contributed by atoms with Crippen molar-refractivity contribution < 1.29 is 4.39 Å². The van der Waals surface area contributed by atoms with Crippen molar-refractivity contribution in [1.82, 2.24) is 0 Å². The molecular formula is C18H14FSi. The third kappa shape index (κ3) is 2.70. The van der Waals surface area contributed by atoms with Crippen LogP contribution < -0.4 is 15.6 Å². The van der Waals surface area contributed by atoms with Gasteiger partial charge in [-0.3, -0.25) is 0 Å². The van der Waals surface area contributed by atoms with Gasteiger partial charge in [0.2, 0.25) is 0 Å². The summed E-state index contributed by atoms with van der Waals surface area (Å²) >= 11 is 0. The van der Waals surface area contributed by atoms with Gasteiger partial charge in [0.15, 0.2) is 8.80 Å². The first-order valence-electron chi connectivity index (χ1n) is 6.58. The van der Waals surface area contributed by atoms with Crippen molar-refractivity contribution in [2.75, 3.05) is 0 Å². The lowest BCUT2D eigenvalue weighted by Gasteiger charge is -2.16. The standard InChI is InChI=1S/C18H14FSi/c19-15-8-7-13-18(14-15)20(16-9-3-1-4-10-16)17-11-5-2-6-12-17/h1-14H. The predicted molar refractivity (Wildman–Crippen MR) is 83.9 cm³/mol. The fourth-order valence-electron chi connectivity index (χ4n) is 2.35. The minimum atomic E-state index is -1.14. The number of halogens is 1. The van der Waals surface area contributed by atoms with E-state index in [1.807, 2.05) is 42.5 Å². The lowest BCUT2D eigenvalue weighted by molar-refractivity contribution is 0.629. The van der Waals surface area contributed by atoms with Crippen molar-refractivity contribution in [2.24, 2.45) is 0 Å². The number of benzene rings is 3. The van der Waals surface area contributed by atoms with Gasteiger partial charge in [-0.15, -0.1) is 0 Å². The van der Waals surface area contributed by atoms with E-state index in [2.05, 4.69) is 24.3 Å². The average Bonchev–Trinajstić information content (AvgIpc) is 2.50. The van der Waals surface area contributed by atoms with Gasteiger partial charge >= 0.3 is 0 Å². The second-order valence-corrected chi connectivity index (χ2v) is 7.10. The van der Waals surface area contributed by atoms with Crippen LogP contribution >= 0.6 is 0 Å². The van der Waals surface area contributed by atoms with Gasteiger partial charge in [-0.05, 0) is 17.3 Å². The Balaban J connectivity index is 2.14. The molecular weight excluding hydrogens is 263 g/mol. The van der Waals surface area contributed by atoms with E-state index < -0.39 is 8.80 Å². The van der Waals surface area contributed by atoms with E-state index in [1.165, 1.54) is 16.4 Å². The van der Waals surface area contributed by atoms with Gasteiger partial charge in [-0.2, -0.15) is 0 Å². The highest BCUT2D eigenvalue weighted by Crippen LogP contribution is 1.98. The van der Waals surface area contributed by atoms with E-state index in [-0.39, 0.29) is 5.82 Å². The Morgan fingerprint density at radius 3 is 1.55 bits per heavy atom. The van der Waals surface area contributed by atoms with E-state index in [1.54, 1.807) is 12.1 Å².